The molecule has 3 nitrogen and oxygen atoms in total. The van der Waals surface area contributed by atoms with Gasteiger partial charge in [0.25, 0.3) is 0 Å². The Hall–Kier alpha value is -0.120. The molecule has 0 aliphatic heterocycles. The molecule has 1 atom stereocenters. The quantitative estimate of drug-likeness (QED) is 0.388. The molecule has 0 bridgehead atoms. The largest absolute Gasteiger partial charge is 0.327 e. The minimum Gasteiger partial charge on any atom is -0.327 e. The summed E-state index contributed by atoms with van der Waals surface area (Å²) in [6.45, 7) is 5.58. The van der Waals surface area contributed by atoms with Crippen LogP contribution in [0.1, 0.15) is 13.8 Å². The van der Waals surface area contributed by atoms with Crippen molar-refractivity contribution < 1.29 is 0 Å². The molecule has 4 N–H and O–H groups in total. The third-order valence-corrected chi connectivity index (χ3v) is 0.929. The number of nitrogens with two attached hydrogens (primary N) is 2. The molecule has 1 unspecified atom stereocenters. The van der Waals surface area contributed by atoms with Crippen molar-refractivity contribution >= 4 is 0 Å². The van der Waals surface area contributed by atoms with Crippen LogP contribution >= 0.6 is 0 Å². The van der Waals surface area contributed by atoms with Gasteiger partial charge < -0.3 is 5.73 Å². The molecule has 0 fully saturated rings. The van der Waals surface area contributed by atoms with Gasteiger partial charge in [0.15, 0.2) is 0 Å². The van der Waals surface area contributed by atoms with E-state index in [4.69, 9.17) is 11.6 Å². The van der Waals surface area contributed by atoms with Crippen molar-refractivity contribution in [1.29, 1.82) is 0 Å². The first-order valence-corrected chi connectivity index (χ1v) is 2.92. The molecular formula is C5H15N3. The Labute approximate surface area is 50.6 Å². The lowest BCUT2D eigenvalue weighted by molar-refractivity contribution is 0.284. The van der Waals surface area contributed by atoms with Crippen molar-refractivity contribution in [2.75, 3.05) is 13.1 Å². The van der Waals surface area contributed by atoms with Gasteiger partial charge in [-0.25, -0.2) is 5.01 Å². The van der Waals surface area contributed by atoms with Crippen molar-refractivity contribution in [3.63, 3.8) is 0 Å². The molecule has 8 heavy (non-hydrogen) atoms. The molecule has 0 saturated heterocycles. The van der Waals surface area contributed by atoms with E-state index in [0.29, 0.717) is 0 Å². The zero-order chi connectivity index (χ0) is 6.57. The second kappa shape index (κ2) is 3.83. The average molecular weight is 117 g/mol. The van der Waals surface area contributed by atoms with E-state index in [0.717, 1.165) is 13.1 Å². The highest BCUT2D eigenvalue weighted by molar-refractivity contribution is 4.55. The molecular weight excluding hydrogens is 102 g/mol. The molecule has 0 spiro atoms. The van der Waals surface area contributed by atoms with Gasteiger partial charge >= 0.3 is 0 Å². The lowest BCUT2D eigenvalue weighted by Crippen LogP contribution is -2.39. The van der Waals surface area contributed by atoms with Gasteiger partial charge in [-0.05, 0) is 6.92 Å². The third-order valence-electron chi connectivity index (χ3n) is 0.929. The van der Waals surface area contributed by atoms with E-state index in [1.807, 2.05) is 13.8 Å². The second-order valence-corrected chi connectivity index (χ2v) is 2.06. The van der Waals surface area contributed by atoms with Gasteiger partial charge in [0, 0.05) is 19.1 Å². The Morgan fingerprint density at radius 2 is 2.12 bits per heavy atom. The monoisotopic (exact) mass is 117 g/mol. The van der Waals surface area contributed by atoms with Crippen LogP contribution < -0.4 is 11.6 Å². The first kappa shape index (κ1) is 7.88. The summed E-state index contributed by atoms with van der Waals surface area (Å²) in [4.78, 5) is 0. The van der Waals surface area contributed by atoms with Crippen LogP contribution in [0.15, 0.2) is 0 Å². The summed E-state index contributed by atoms with van der Waals surface area (Å²) in [5.74, 6) is 5.43. The fourth-order valence-electron chi connectivity index (χ4n) is 0.499. The van der Waals surface area contributed by atoms with E-state index in [-0.39, 0.29) is 6.04 Å². The van der Waals surface area contributed by atoms with Crippen LogP contribution in [0.2, 0.25) is 0 Å². The lowest BCUT2D eigenvalue weighted by Gasteiger charge is -2.15. The average Bonchev–Trinajstić information content (AvgIpc) is 1.65. The van der Waals surface area contributed by atoms with E-state index in [2.05, 4.69) is 0 Å². The van der Waals surface area contributed by atoms with Gasteiger partial charge in [0.1, 0.15) is 0 Å². The van der Waals surface area contributed by atoms with E-state index < -0.39 is 0 Å². The number of rotatable bonds is 3. The summed E-state index contributed by atoms with van der Waals surface area (Å²) in [5.41, 5.74) is 5.45. The molecule has 0 aromatic rings. The van der Waals surface area contributed by atoms with Crippen LogP contribution in [-0.4, -0.2) is 24.1 Å². The topological polar surface area (TPSA) is 55.3 Å². The van der Waals surface area contributed by atoms with Crippen molar-refractivity contribution in [2.45, 2.75) is 19.9 Å². The minimum absolute atomic E-state index is 0.181. The van der Waals surface area contributed by atoms with Gasteiger partial charge in [0.05, 0.1) is 0 Å². The van der Waals surface area contributed by atoms with Gasteiger partial charge in [-0.15, -0.1) is 0 Å². The van der Waals surface area contributed by atoms with Gasteiger partial charge in [-0.1, -0.05) is 6.92 Å². The van der Waals surface area contributed by atoms with E-state index in [9.17, 15) is 0 Å². The number of nitrogens with zero attached hydrogens (tertiary/aromatic N) is 1. The van der Waals surface area contributed by atoms with Gasteiger partial charge in [-0.2, -0.15) is 0 Å². The Balaban J connectivity index is 3.10. The normalized spacial score (nSPS) is 14.6. The van der Waals surface area contributed by atoms with Crippen LogP contribution in [0.25, 0.3) is 0 Å². The predicted octanol–water partition coefficient (Wildman–Crippen LogP) is -0.471. The second-order valence-electron chi connectivity index (χ2n) is 2.06. The maximum Gasteiger partial charge on any atom is 0.0277 e. The highest BCUT2D eigenvalue weighted by Crippen LogP contribution is 1.78. The molecule has 0 amide bonds. The summed E-state index contributed by atoms with van der Waals surface area (Å²) >= 11 is 0. The highest BCUT2D eigenvalue weighted by atomic mass is 15.4. The fraction of sp³-hybridized carbons (Fsp3) is 1.00. The van der Waals surface area contributed by atoms with Crippen LogP contribution in [-0.2, 0) is 0 Å². The summed E-state index contributed by atoms with van der Waals surface area (Å²) in [5, 5.41) is 1.70. The van der Waals surface area contributed by atoms with E-state index >= 15 is 0 Å². The standard InChI is InChI=1S/C5H15N3/c1-3-8(7)4-5(2)6/h5H,3-4,6-7H2,1-2H3. The molecule has 0 aliphatic rings. The molecule has 0 aromatic heterocycles. The lowest BCUT2D eigenvalue weighted by atomic mass is 10.3. The molecule has 50 valence electrons. The van der Waals surface area contributed by atoms with Crippen LogP contribution in [0.5, 0.6) is 0 Å². The van der Waals surface area contributed by atoms with Gasteiger partial charge in [0.2, 0.25) is 0 Å². The number of hydrazine groups is 1. The molecule has 0 radical (unpaired) electrons. The first-order valence-electron chi connectivity index (χ1n) is 2.92. The van der Waals surface area contributed by atoms with Crippen molar-refractivity contribution in [1.82, 2.24) is 5.01 Å². The Bertz CT molecular complexity index is 53.6. The Morgan fingerprint density at radius 1 is 1.62 bits per heavy atom. The molecule has 0 aliphatic carbocycles. The zero-order valence-electron chi connectivity index (χ0n) is 5.59. The molecule has 0 heterocycles. The van der Waals surface area contributed by atoms with Gasteiger partial charge in [-0.3, -0.25) is 5.84 Å². The predicted molar refractivity (Wildman–Crippen MR) is 35.1 cm³/mol. The summed E-state index contributed by atoms with van der Waals surface area (Å²) in [7, 11) is 0. The molecule has 0 aromatic carbocycles. The Morgan fingerprint density at radius 3 is 2.25 bits per heavy atom. The molecule has 0 rings (SSSR count). The smallest absolute Gasteiger partial charge is 0.0277 e. The molecule has 3 heteroatoms. The summed E-state index contributed by atoms with van der Waals surface area (Å²) in [6, 6.07) is 0.181. The molecule has 0 saturated carbocycles. The van der Waals surface area contributed by atoms with Crippen LogP contribution in [0.3, 0.4) is 0 Å². The maximum atomic E-state index is 5.45. The van der Waals surface area contributed by atoms with Crippen molar-refractivity contribution in [3.8, 4) is 0 Å². The highest BCUT2D eigenvalue weighted by Gasteiger charge is 1.96. The number of hydrogen-bond acceptors (Lipinski definition) is 3. The fourth-order valence-corrected chi connectivity index (χ4v) is 0.499. The zero-order valence-corrected chi connectivity index (χ0v) is 5.59. The summed E-state index contributed by atoms with van der Waals surface area (Å²) < 4.78 is 0. The summed E-state index contributed by atoms with van der Waals surface area (Å²) in [6.07, 6.45) is 0. The SMILES string of the molecule is CCN(N)CC(C)N. The number of likely N-dealkylation sites (N-methyl/N-ethyl adjacent to an activating group) is 1. The minimum atomic E-state index is 0.181. The van der Waals surface area contributed by atoms with E-state index in [1.165, 1.54) is 0 Å². The third kappa shape index (κ3) is 4.05. The van der Waals surface area contributed by atoms with Crippen molar-refractivity contribution in [3.05, 3.63) is 0 Å². The Kier molecular flexibility index (Phi) is 3.77. The van der Waals surface area contributed by atoms with Crippen LogP contribution in [0.4, 0.5) is 0 Å². The maximum absolute atomic E-state index is 5.45. The van der Waals surface area contributed by atoms with E-state index in [1.54, 1.807) is 5.01 Å². The van der Waals surface area contributed by atoms with Crippen LogP contribution in [0, 0.1) is 0 Å². The number of hydrogen-bond donors (Lipinski definition) is 2. The van der Waals surface area contributed by atoms with Crippen molar-refractivity contribution in [2.24, 2.45) is 11.6 Å². The first-order chi connectivity index (χ1) is 3.66.